The molecule has 0 aliphatic heterocycles. The number of methoxy groups -OCH3 is 2. The van der Waals surface area contributed by atoms with E-state index in [2.05, 4.69) is 21.0 Å². The number of para-hydroxylation sites is 1. The third-order valence-electron chi connectivity index (χ3n) is 5.23. The second-order valence-electron chi connectivity index (χ2n) is 7.48. The van der Waals surface area contributed by atoms with E-state index < -0.39 is 11.9 Å². The summed E-state index contributed by atoms with van der Waals surface area (Å²) >= 11 is 15.6. The third-order valence-corrected chi connectivity index (χ3v) is 6.46. The highest BCUT2D eigenvalue weighted by Crippen LogP contribution is 2.37. The minimum Gasteiger partial charge on any atom is -0.488 e. The van der Waals surface area contributed by atoms with E-state index in [0.717, 1.165) is 5.56 Å². The molecule has 0 spiro atoms. The molecule has 0 saturated heterocycles. The number of carbonyl (C=O) groups is 2. The second kappa shape index (κ2) is 11.2. The van der Waals surface area contributed by atoms with Gasteiger partial charge in [0.15, 0.2) is 5.69 Å². The number of ether oxygens (including phenoxy) is 3. The van der Waals surface area contributed by atoms with Crippen molar-refractivity contribution in [3.05, 3.63) is 98.1 Å². The number of nitrogens with zero attached hydrogens (tertiary/aromatic N) is 2. The summed E-state index contributed by atoms with van der Waals surface area (Å²) in [6, 6.07) is 19.4. The first-order chi connectivity index (χ1) is 17.3. The van der Waals surface area contributed by atoms with Gasteiger partial charge in [0.1, 0.15) is 23.6 Å². The van der Waals surface area contributed by atoms with Crippen LogP contribution >= 0.6 is 39.1 Å². The van der Waals surface area contributed by atoms with Crippen molar-refractivity contribution in [3.8, 4) is 22.7 Å². The number of benzene rings is 3. The van der Waals surface area contributed by atoms with Gasteiger partial charge in [-0.2, -0.15) is 5.10 Å². The van der Waals surface area contributed by atoms with Crippen molar-refractivity contribution >= 4 is 51.1 Å². The Hall–Kier alpha value is -3.33. The van der Waals surface area contributed by atoms with Gasteiger partial charge in [-0.3, -0.25) is 0 Å². The summed E-state index contributed by atoms with van der Waals surface area (Å²) < 4.78 is 18.2. The van der Waals surface area contributed by atoms with Gasteiger partial charge in [0.25, 0.3) is 0 Å². The van der Waals surface area contributed by atoms with Crippen molar-refractivity contribution in [2.75, 3.05) is 14.2 Å². The highest BCUT2D eigenvalue weighted by Gasteiger charge is 2.32. The van der Waals surface area contributed by atoms with Gasteiger partial charge in [-0.1, -0.05) is 63.4 Å². The van der Waals surface area contributed by atoms with E-state index in [4.69, 9.17) is 37.4 Å². The fourth-order valence-electron chi connectivity index (χ4n) is 3.55. The van der Waals surface area contributed by atoms with Gasteiger partial charge < -0.3 is 14.2 Å². The van der Waals surface area contributed by atoms with Crippen LogP contribution in [-0.2, 0) is 16.1 Å². The molecule has 4 aromatic rings. The van der Waals surface area contributed by atoms with Crippen LogP contribution in [0.1, 0.15) is 26.4 Å². The second-order valence-corrected chi connectivity index (χ2v) is 9.21. The quantitative estimate of drug-likeness (QED) is 0.222. The molecule has 4 rings (SSSR count). The Morgan fingerprint density at radius 3 is 2.31 bits per heavy atom. The highest BCUT2D eigenvalue weighted by molar-refractivity contribution is 9.10. The van der Waals surface area contributed by atoms with E-state index in [9.17, 15) is 9.59 Å². The summed E-state index contributed by atoms with van der Waals surface area (Å²) in [5.41, 5.74) is 1.88. The van der Waals surface area contributed by atoms with Gasteiger partial charge in [0.05, 0.1) is 30.0 Å². The molecule has 3 aromatic carbocycles. The Kier molecular flexibility index (Phi) is 7.98. The minimum absolute atomic E-state index is 0.0503. The van der Waals surface area contributed by atoms with Crippen LogP contribution in [0.5, 0.6) is 5.75 Å². The molecule has 10 heteroatoms. The first-order valence-electron chi connectivity index (χ1n) is 10.6. The molecule has 0 saturated carbocycles. The Bertz CT molecular complexity index is 1440. The molecule has 1 aromatic heterocycles. The number of hydrogen-bond acceptors (Lipinski definition) is 6. The molecule has 0 aliphatic rings. The van der Waals surface area contributed by atoms with E-state index in [1.54, 1.807) is 60.7 Å². The lowest BCUT2D eigenvalue weighted by atomic mass is 10.0. The van der Waals surface area contributed by atoms with Crippen LogP contribution in [0.15, 0.2) is 71.2 Å². The van der Waals surface area contributed by atoms with Crippen LogP contribution < -0.4 is 4.74 Å². The summed E-state index contributed by atoms with van der Waals surface area (Å²) in [7, 11) is 2.46. The molecule has 0 N–H and O–H groups in total. The third kappa shape index (κ3) is 5.26. The number of carbonyl (C=O) groups excluding carboxylic acids is 2. The zero-order valence-corrected chi connectivity index (χ0v) is 22.2. The molecule has 0 aliphatic carbocycles. The molecular formula is C26H19BrCl2N2O5. The molecule has 7 nitrogen and oxygen atoms in total. The Balaban J connectivity index is 1.89. The highest BCUT2D eigenvalue weighted by atomic mass is 79.9. The maximum Gasteiger partial charge on any atom is 0.357 e. The molecule has 0 fully saturated rings. The minimum atomic E-state index is -0.747. The number of hydrogen-bond donors (Lipinski definition) is 0. The van der Waals surface area contributed by atoms with Crippen LogP contribution in [0, 0.1) is 0 Å². The predicted molar refractivity (Wildman–Crippen MR) is 140 cm³/mol. The average molecular weight is 590 g/mol. The fourth-order valence-corrected chi connectivity index (χ4v) is 4.23. The predicted octanol–water partition coefficient (Wildman–Crippen LogP) is 6.76. The van der Waals surface area contributed by atoms with E-state index >= 15 is 0 Å². The lowest BCUT2D eigenvalue weighted by molar-refractivity contribution is 0.0549. The van der Waals surface area contributed by atoms with Gasteiger partial charge in [-0.05, 0) is 48.0 Å². The van der Waals surface area contributed by atoms with E-state index in [0.29, 0.717) is 31.5 Å². The van der Waals surface area contributed by atoms with Crippen molar-refractivity contribution < 1.29 is 23.8 Å². The zero-order chi connectivity index (χ0) is 25.8. The molecule has 36 heavy (non-hydrogen) atoms. The molecular weight excluding hydrogens is 571 g/mol. The zero-order valence-electron chi connectivity index (χ0n) is 19.1. The molecule has 0 bridgehead atoms. The Labute approximate surface area is 225 Å². The Morgan fingerprint density at radius 1 is 0.917 bits per heavy atom. The standard InChI is InChI=1S/C26H19BrCl2N2O5/c1-34-25(32)22-23(30-31(24(22)26(33)35-2)17-6-4-3-5-7-17)18-13-16(27)9-11-21(18)36-14-15-8-10-19(28)20(29)12-15/h3-13H,14H2,1-2H3. The molecule has 0 amide bonds. The van der Waals surface area contributed by atoms with Crippen molar-refractivity contribution in [2.24, 2.45) is 0 Å². The topological polar surface area (TPSA) is 79.7 Å². The summed E-state index contributed by atoms with van der Waals surface area (Å²) in [5.74, 6) is -1.07. The molecule has 1 heterocycles. The van der Waals surface area contributed by atoms with Gasteiger partial charge in [0.2, 0.25) is 0 Å². The van der Waals surface area contributed by atoms with E-state index in [1.807, 2.05) is 6.07 Å². The largest absolute Gasteiger partial charge is 0.488 e. The molecule has 184 valence electrons. The normalized spacial score (nSPS) is 10.7. The first kappa shape index (κ1) is 25.8. The molecule has 0 unspecified atom stereocenters. The number of halogens is 3. The maximum absolute atomic E-state index is 13.0. The number of esters is 2. The van der Waals surface area contributed by atoms with Crippen LogP contribution in [0.3, 0.4) is 0 Å². The Morgan fingerprint density at radius 2 is 1.64 bits per heavy atom. The van der Waals surface area contributed by atoms with Gasteiger partial charge >= 0.3 is 11.9 Å². The lowest BCUT2D eigenvalue weighted by Gasteiger charge is -2.12. The van der Waals surface area contributed by atoms with Gasteiger partial charge in [-0.25, -0.2) is 14.3 Å². The van der Waals surface area contributed by atoms with Crippen molar-refractivity contribution in [2.45, 2.75) is 6.61 Å². The van der Waals surface area contributed by atoms with Crippen LogP contribution in [0.25, 0.3) is 16.9 Å². The van der Waals surface area contributed by atoms with Gasteiger partial charge in [-0.15, -0.1) is 0 Å². The molecule has 0 atom stereocenters. The summed E-state index contributed by atoms with van der Waals surface area (Å²) in [4.78, 5) is 25.8. The number of aromatic nitrogens is 2. The van der Waals surface area contributed by atoms with Crippen molar-refractivity contribution in [3.63, 3.8) is 0 Å². The summed E-state index contributed by atoms with van der Waals surface area (Å²) in [5, 5.41) is 5.49. The van der Waals surface area contributed by atoms with Gasteiger partial charge in [0, 0.05) is 10.0 Å². The molecule has 0 radical (unpaired) electrons. The van der Waals surface area contributed by atoms with E-state index in [-0.39, 0.29) is 23.6 Å². The fraction of sp³-hybridized carbons (Fsp3) is 0.115. The SMILES string of the molecule is COC(=O)c1c(-c2cc(Br)ccc2OCc2ccc(Cl)c(Cl)c2)nn(-c2ccccc2)c1C(=O)OC. The van der Waals surface area contributed by atoms with Crippen LogP contribution in [-0.4, -0.2) is 35.9 Å². The maximum atomic E-state index is 13.0. The first-order valence-corrected chi connectivity index (χ1v) is 12.1. The summed E-state index contributed by atoms with van der Waals surface area (Å²) in [6.07, 6.45) is 0. The smallest absolute Gasteiger partial charge is 0.357 e. The lowest BCUT2D eigenvalue weighted by Crippen LogP contribution is -2.15. The number of rotatable bonds is 7. The van der Waals surface area contributed by atoms with E-state index in [1.165, 1.54) is 18.9 Å². The average Bonchev–Trinajstić information content (AvgIpc) is 3.30. The monoisotopic (exact) mass is 588 g/mol. The van der Waals surface area contributed by atoms with Crippen LogP contribution in [0.2, 0.25) is 10.0 Å². The van der Waals surface area contributed by atoms with Crippen molar-refractivity contribution in [1.82, 2.24) is 9.78 Å². The van der Waals surface area contributed by atoms with Crippen molar-refractivity contribution in [1.29, 1.82) is 0 Å². The summed E-state index contributed by atoms with van der Waals surface area (Å²) in [6.45, 7) is 0.169. The van der Waals surface area contributed by atoms with Crippen LogP contribution in [0.4, 0.5) is 0 Å².